The number of hydrogen-bond acceptors (Lipinski definition) is 5. The number of Topliss-reactive ketones (excluding diaryl/α,β-unsaturated/α-hetero) is 1. The second-order valence-corrected chi connectivity index (χ2v) is 5.09. The van der Waals surface area contributed by atoms with Crippen LogP contribution in [0.25, 0.3) is 0 Å². The van der Waals surface area contributed by atoms with Crippen molar-refractivity contribution in [2.24, 2.45) is 0 Å². The van der Waals surface area contributed by atoms with Crippen molar-refractivity contribution in [3.63, 3.8) is 0 Å². The molecule has 0 aliphatic carbocycles. The number of carbonyl (C=O) groups is 1. The molecule has 3 nitrogen and oxygen atoms in total. The molecule has 0 N–H and O–H groups in total. The summed E-state index contributed by atoms with van der Waals surface area (Å²) in [6.45, 7) is 0. The van der Waals surface area contributed by atoms with E-state index >= 15 is 0 Å². The van der Waals surface area contributed by atoms with Gasteiger partial charge in [0, 0.05) is 21.2 Å². The van der Waals surface area contributed by atoms with Crippen LogP contribution < -0.4 is 0 Å². The van der Waals surface area contributed by atoms with Gasteiger partial charge in [-0.05, 0) is 22.0 Å². The van der Waals surface area contributed by atoms with E-state index < -0.39 is 0 Å². The molecule has 0 unspecified atom stereocenters. The van der Waals surface area contributed by atoms with Gasteiger partial charge in [-0.3, -0.25) is 4.79 Å². The Hall–Kier alpha value is -0.590. The van der Waals surface area contributed by atoms with E-state index in [-0.39, 0.29) is 5.78 Å². The van der Waals surface area contributed by atoms with Crippen LogP contribution >= 0.6 is 39.0 Å². The first-order valence-corrected chi connectivity index (χ1v) is 6.19. The second-order valence-electron chi connectivity index (χ2n) is 2.62. The Morgan fingerprint density at radius 3 is 3.00 bits per heavy atom. The summed E-state index contributed by atoms with van der Waals surface area (Å²) in [6, 6.07) is 1.95. The summed E-state index contributed by atoms with van der Waals surface area (Å²) >= 11 is 5.96. The van der Waals surface area contributed by atoms with E-state index in [1.54, 1.807) is 11.3 Å². The molecular formula is C8H5BrN2OS2. The Morgan fingerprint density at radius 2 is 2.43 bits per heavy atom. The molecule has 72 valence electrons. The van der Waals surface area contributed by atoms with Gasteiger partial charge in [-0.15, -0.1) is 11.3 Å². The highest BCUT2D eigenvalue weighted by atomic mass is 79.9. The van der Waals surface area contributed by atoms with Gasteiger partial charge < -0.3 is 0 Å². The van der Waals surface area contributed by atoms with Crippen LogP contribution in [0.5, 0.6) is 0 Å². The topological polar surface area (TPSA) is 42.9 Å². The number of hydrogen-bond donors (Lipinski definition) is 0. The Kier molecular flexibility index (Phi) is 3.05. The van der Waals surface area contributed by atoms with Gasteiger partial charge in [0.2, 0.25) is 0 Å². The first-order valence-electron chi connectivity index (χ1n) is 3.79. The van der Waals surface area contributed by atoms with E-state index in [9.17, 15) is 4.79 Å². The molecule has 6 heteroatoms. The maximum absolute atomic E-state index is 11.6. The van der Waals surface area contributed by atoms with Gasteiger partial charge in [0.25, 0.3) is 0 Å². The molecule has 0 aromatic carbocycles. The van der Waals surface area contributed by atoms with E-state index in [0.29, 0.717) is 12.1 Å². The molecular weight excluding hydrogens is 284 g/mol. The number of halogens is 1. The summed E-state index contributed by atoms with van der Waals surface area (Å²) in [5.41, 5.74) is 0.458. The van der Waals surface area contributed by atoms with Crippen molar-refractivity contribution in [1.29, 1.82) is 0 Å². The predicted octanol–water partition coefficient (Wildman–Crippen LogP) is 2.79. The quantitative estimate of drug-likeness (QED) is 0.816. The lowest BCUT2D eigenvalue weighted by Crippen LogP contribution is -2.01. The predicted molar refractivity (Wildman–Crippen MR) is 60.0 cm³/mol. The molecule has 2 aromatic heterocycles. The molecule has 0 aliphatic heterocycles. The number of aromatic nitrogens is 2. The molecule has 0 atom stereocenters. The van der Waals surface area contributed by atoms with Crippen LogP contribution in [0.2, 0.25) is 0 Å². The molecule has 2 aromatic rings. The number of carbonyl (C=O) groups excluding carboxylic acids is 1. The summed E-state index contributed by atoms with van der Waals surface area (Å²) < 4.78 is 8.70. The van der Waals surface area contributed by atoms with Crippen molar-refractivity contribution in [3.8, 4) is 0 Å². The van der Waals surface area contributed by atoms with Crippen molar-refractivity contribution >= 4 is 44.8 Å². The SMILES string of the molecule is O=C(Cc1cc(Br)cs1)c1cnsn1. The van der Waals surface area contributed by atoms with Crippen LogP contribution in [0.1, 0.15) is 15.4 Å². The summed E-state index contributed by atoms with van der Waals surface area (Å²) in [6.07, 6.45) is 1.91. The molecule has 0 spiro atoms. The van der Waals surface area contributed by atoms with Gasteiger partial charge in [0.05, 0.1) is 17.9 Å². The molecule has 0 amide bonds. The third kappa shape index (κ3) is 2.26. The molecule has 2 rings (SSSR count). The minimum absolute atomic E-state index is 0.0214. The third-order valence-electron chi connectivity index (χ3n) is 1.60. The molecule has 0 bridgehead atoms. The Labute approximate surface area is 97.2 Å². The average molecular weight is 289 g/mol. The van der Waals surface area contributed by atoms with Gasteiger partial charge in [-0.2, -0.15) is 8.75 Å². The number of rotatable bonds is 3. The largest absolute Gasteiger partial charge is 0.292 e. The highest BCUT2D eigenvalue weighted by molar-refractivity contribution is 9.10. The van der Waals surface area contributed by atoms with E-state index in [2.05, 4.69) is 24.7 Å². The number of ketones is 1. The van der Waals surface area contributed by atoms with Crippen molar-refractivity contribution in [2.75, 3.05) is 0 Å². The fourth-order valence-electron chi connectivity index (χ4n) is 0.983. The van der Waals surface area contributed by atoms with Gasteiger partial charge in [0.15, 0.2) is 5.78 Å². The smallest absolute Gasteiger partial charge is 0.189 e. The van der Waals surface area contributed by atoms with Gasteiger partial charge >= 0.3 is 0 Å². The fraction of sp³-hybridized carbons (Fsp3) is 0.125. The zero-order chi connectivity index (χ0) is 9.97. The lowest BCUT2D eigenvalue weighted by molar-refractivity contribution is 0.0990. The lowest BCUT2D eigenvalue weighted by Gasteiger charge is -1.91. The lowest BCUT2D eigenvalue weighted by atomic mass is 10.2. The van der Waals surface area contributed by atoms with E-state index in [1.807, 2.05) is 11.4 Å². The maximum Gasteiger partial charge on any atom is 0.189 e. The zero-order valence-corrected chi connectivity index (χ0v) is 10.2. The van der Waals surface area contributed by atoms with Gasteiger partial charge in [0.1, 0.15) is 5.69 Å². The first kappa shape index (κ1) is 9.95. The maximum atomic E-state index is 11.6. The molecule has 2 heterocycles. The summed E-state index contributed by atoms with van der Waals surface area (Å²) in [5, 5.41) is 1.96. The van der Waals surface area contributed by atoms with E-state index in [4.69, 9.17) is 0 Å². The van der Waals surface area contributed by atoms with Crippen molar-refractivity contribution in [1.82, 2.24) is 8.75 Å². The van der Waals surface area contributed by atoms with Crippen LogP contribution in [0.15, 0.2) is 22.1 Å². The summed E-state index contributed by atoms with van der Waals surface area (Å²) in [4.78, 5) is 12.6. The van der Waals surface area contributed by atoms with Crippen molar-refractivity contribution < 1.29 is 4.79 Å². The van der Waals surface area contributed by atoms with E-state index in [1.165, 1.54) is 6.20 Å². The fourth-order valence-corrected chi connectivity index (χ4v) is 2.86. The highest BCUT2D eigenvalue weighted by Gasteiger charge is 2.10. The minimum Gasteiger partial charge on any atom is -0.292 e. The normalized spacial score (nSPS) is 10.4. The Balaban J connectivity index is 2.09. The standard InChI is InChI=1S/C8H5BrN2OS2/c9-5-1-6(13-4-5)2-8(12)7-3-10-14-11-7/h1,3-4H,2H2. The third-order valence-corrected chi connectivity index (χ3v) is 3.78. The van der Waals surface area contributed by atoms with Gasteiger partial charge in [-0.25, -0.2) is 0 Å². The molecule has 0 saturated carbocycles. The van der Waals surface area contributed by atoms with Crippen LogP contribution in [0.3, 0.4) is 0 Å². The van der Waals surface area contributed by atoms with Gasteiger partial charge in [-0.1, -0.05) is 0 Å². The van der Waals surface area contributed by atoms with Crippen LogP contribution in [0.4, 0.5) is 0 Å². The monoisotopic (exact) mass is 288 g/mol. The van der Waals surface area contributed by atoms with E-state index in [0.717, 1.165) is 21.1 Å². The second kappa shape index (κ2) is 4.29. The highest BCUT2D eigenvalue weighted by Crippen LogP contribution is 2.20. The van der Waals surface area contributed by atoms with Crippen LogP contribution in [-0.4, -0.2) is 14.5 Å². The number of nitrogens with zero attached hydrogens (tertiary/aromatic N) is 2. The van der Waals surface area contributed by atoms with Crippen LogP contribution in [-0.2, 0) is 6.42 Å². The molecule has 14 heavy (non-hydrogen) atoms. The first-order chi connectivity index (χ1) is 6.75. The van der Waals surface area contributed by atoms with Crippen LogP contribution in [0, 0.1) is 0 Å². The number of thiophene rings is 1. The Morgan fingerprint density at radius 1 is 1.57 bits per heavy atom. The average Bonchev–Trinajstić information content (AvgIpc) is 2.75. The molecule has 0 aliphatic rings. The zero-order valence-electron chi connectivity index (χ0n) is 6.94. The summed E-state index contributed by atoms with van der Waals surface area (Å²) in [7, 11) is 0. The molecule has 0 saturated heterocycles. The Bertz CT molecular complexity index is 438. The molecule has 0 fully saturated rings. The van der Waals surface area contributed by atoms with Crippen molar-refractivity contribution in [3.05, 3.63) is 32.7 Å². The summed E-state index contributed by atoms with van der Waals surface area (Å²) in [5.74, 6) is 0.0214. The molecule has 0 radical (unpaired) electrons. The minimum atomic E-state index is 0.0214. The van der Waals surface area contributed by atoms with Crippen molar-refractivity contribution in [2.45, 2.75) is 6.42 Å².